The van der Waals surface area contributed by atoms with E-state index < -0.39 is 21.8 Å². The number of rotatable bonds is 11. The van der Waals surface area contributed by atoms with Gasteiger partial charge in [0.15, 0.2) is 9.84 Å². The fourth-order valence-electron chi connectivity index (χ4n) is 4.38. The highest BCUT2D eigenvalue weighted by molar-refractivity contribution is 7.91. The van der Waals surface area contributed by atoms with Crippen LogP contribution < -0.4 is 10.6 Å². The van der Waals surface area contributed by atoms with Gasteiger partial charge in [-0.1, -0.05) is 78.9 Å². The lowest BCUT2D eigenvalue weighted by atomic mass is 10.0. The number of morpholine rings is 1. The molecule has 3 aromatic carbocycles. The van der Waals surface area contributed by atoms with Crippen LogP contribution in [0.3, 0.4) is 0 Å². The Morgan fingerprint density at radius 2 is 1.43 bits per heavy atom. The Hall–Kier alpha value is -3.95. The number of hydrogen-bond acceptors (Lipinski definition) is 5. The number of ether oxygens (including phenoxy) is 1. The number of carbonyl (C=O) groups is 2. The Morgan fingerprint density at radius 3 is 2.05 bits per heavy atom. The summed E-state index contributed by atoms with van der Waals surface area (Å²) in [5.74, 6) is -0.660. The van der Waals surface area contributed by atoms with Crippen LogP contribution in [0.1, 0.15) is 17.5 Å². The van der Waals surface area contributed by atoms with Gasteiger partial charge < -0.3 is 20.3 Å². The molecule has 8 nitrogen and oxygen atoms in total. The van der Waals surface area contributed by atoms with Crippen molar-refractivity contribution in [3.05, 3.63) is 114 Å². The fourth-order valence-corrected chi connectivity index (χ4v) is 5.57. The highest BCUT2D eigenvalue weighted by atomic mass is 32.2. The number of amides is 3. The first-order valence-electron chi connectivity index (χ1n) is 13.4. The van der Waals surface area contributed by atoms with Crippen LogP contribution in [0.15, 0.2) is 108 Å². The van der Waals surface area contributed by atoms with Crippen LogP contribution in [-0.2, 0) is 32.2 Å². The normalized spacial score (nSPS) is 14.8. The quantitative estimate of drug-likeness (QED) is 0.371. The van der Waals surface area contributed by atoms with Gasteiger partial charge in [-0.3, -0.25) is 4.79 Å². The number of hydrogen-bond donors (Lipinski definition) is 2. The monoisotopic (exact) mass is 561 g/mol. The van der Waals surface area contributed by atoms with Crippen molar-refractivity contribution < 1.29 is 22.7 Å². The first-order chi connectivity index (χ1) is 19.4. The summed E-state index contributed by atoms with van der Waals surface area (Å²) in [5, 5.41) is 5.83. The molecule has 4 rings (SSSR count). The molecule has 40 heavy (non-hydrogen) atoms. The van der Waals surface area contributed by atoms with Crippen molar-refractivity contribution in [2.24, 2.45) is 0 Å². The lowest BCUT2D eigenvalue weighted by Crippen LogP contribution is -2.54. The van der Waals surface area contributed by atoms with Gasteiger partial charge in [0.25, 0.3) is 0 Å². The summed E-state index contributed by atoms with van der Waals surface area (Å²) in [5.41, 5.74) is 2.45. The average molecular weight is 562 g/mol. The van der Waals surface area contributed by atoms with Gasteiger partial charge >= 0.3 is 6.03 Å². The number of nitrogens with zero attached hydrogens (tertiary/aromatic N) is 1. The summed E-state index contributed by atoms with van der Waals surface area (Å²) in [7, 11) is -3.59. The summed E-state index contributed by atoms with van der Waals surface area (Å²) in [4.78, 5) is 28.5. The molecule has 0 saturated carbocycles. The van der Waals surface area contributed by atoms with Crippen LogP contribution in [0.5, 0.6) is 0 Å². The van der Waals surface area contributed by atoms with Crippen LogP contribution in [0.4, 0.5) is 4.79 Å². The second-order valence-electron chi connectivity index (χ2n) is 9.59. The van der Waals surface area contributed by atoms with Crippen molar-refractivity contribution in [3.8, 4) is 0 Å². The minimum atomic E-state index is -3.59. The van der Waals surface area contributed by atoms with Crippen LogP contribution in [0, 0.1) is 0 Å². The summed E-state index contributed by atoms with van der Waals surface area (Å²) >= 11 is 0. The van der Waals surface area contributed by atoms with E-state index >= 15 is 0 Å². The first kappa shape index (κ1) is 29.0. The van der Waals surface area contributed by atoms with E-state index in [2.05, 4.69) is 10.6 Å². The van der Waals surface area contributed by atoms with E-state index in [-0.39, 0.29) is 23.1 Å². The van der Waals surface area contributed by atoms with Gasteiger partial charge in [0, 0.05) is 25.2 Å². The largest absolute Gasteiger partial charge is 0.378 e. The smallest absolute Gasteiger partial charge is 0.318 e. The molecule has 1 fully saturated rings. The van der Waals surface area contributed by atoms with Crippen LogP contribution in [0.25, 0.3) is 0 Å². The molecule has 2 N–H and O–H groups in total. The molecule has 0 bridgehead atoms. The van der Waals surface area contributed by atoms with E-state index in [0.29, 0.717) is 44.8 Å². The zero-order chi connectivity index (χ0) is 28.2. The molecule has 0 radical (unpaired) electrons. The van der Waals surface area contributed by atoms with Gasteiger partial charge in [-0.2, -0.15) is 0 Å². The van der Waals surface area contributed by atoms with Gasteiger partial charge in [-0.05, 0) is 42.2 Å². The van der Waals surface area contributed by atoms with Gasteiger partial charge in [-0.15, -0.1) is 0 Å². The van der Waals surface area contributed by atoms with Crippen molar-refractivity contribution in [1.82, 2.24) is 15.5 Å². The summed E-state index contributed by atoms with van der Waals surface area (Å²) in [6, 6.07) is 26.3. The van der Waals surface area contributed by atoms with Gasteiger partial charge in [0.1, 0.15) is 6.04 Å². The number of benzene rings is 3. The van der Waals surface area contributed by atoms with Gasteiger partial charge in [0.05, 0.1) is 23.9 Å². The summed E-state index contributed by atoms with van der Waals surface area (Å²) in [6.45, 7) is 1.80. The number of carbonyl (C=O) groups excluding carboxylic acids is 2. The maximum Gasteiger partial charge on any atom is 0.318 e. The zero-order valence-corrected chi connectivity index (χ0v) is 23.2. The van der Waals surface area contributed by atoms with Crippen molar-refractivity contribution >= 4 is 21.8 Å². The third-order valence-corrected chi connectivity index (χ3v) is 8.25. The van der Waals surface area contributed by atoms with E-state index in [1.54, 1.807) is 41.3 Å². The Balaban J connectivity index is 1.53. The molecule has 9 heteroatoms. The second kappa shape index (κ2) is 14.4. The van der Waals surface area contributed by atoms with E-state index in [1.807, 2.05) is 60.7 Å². The third kappa shape index (κ3) is 8.79. The van der Waals surface area contributed by atoms with Crippen molar-refractivity contribution in [1.29, 1.82) is 0 Å². The Bertz CT molecular complexity index is 1370. The first-order valence-corrected chi connectivity index (χ1v) is 15.0. The SMILES string of the molecule is O=C(N/C(=C/CS(=O)(=O)c1ccccc1)CCc1ccccc1)[C@H](Cc1ccccc1)NC(=O)N1CCOCC1. The van der Waals surface area contributed by atoms with E-state index in [1.165, 1.54) is 0 Å². The van der Waals surface area contributed by atoms with Crippen molar-refractivity contribution in [2.45, 2.75) is 30.2 Å². The summed E-state index contributed by atoms with van der Waals surface area (Å²) in [6.07, 6.45) is 2.89. The molecule has 3 amide bonds. The second-order valence-corrected chi connectivity index (χ2v) is 11.6. The van der Waals surface area contributed by atoms with E-state index in [9.17, 15) is 18.0 Å². The molecule has 0 aliphatic carbocycles. The minimum absolute atomic E-state index is 0.222. The molecular formula is C31H35N3O5S. The topological polar surface area (TPSA) is 105 Å². The van der Waals surface area contributed by atoms with E-state index in [4.69, 9.17) is 4.74 Å². The van der Waals surface area contributed by atoms with E-state index in [0.717, 1.165) is 11.1 Å². The van der Waals surface area contributed by atoms with Crippen molar-refractivity contribution in [3.63, 3.8) is 0 Å². The molecular weight excluding hydrogens is 526 g/mol. The Kier molecular flexibility index (Phi) is 10.5. The molecule has 1 aliphatic rings. The molecule has 0 unspecified atom stereocenters. The minimum Gasteiger partial charge on any atom is -0.378 e. The van der Waals surface area contributed by atoms with Crippen LogP contribution in [-0.4, -0.2) is 63.4 Å². The molecule has 1 heterocycles. The lowest BCUT2D eigenvalue weighted by molar-refractivity contribution is -0.122. The highest BCUT2D eigenvalue weighted by Gasteiger charge is 2.26. The number of allylic oxidation sites excluding steroid dienone is 1. The molecule has 0 spiro atoms. The Labute approximate surface area is 236 Å². The molecule has 210 valence electrons. The number of urea groups is 1. The predicted octanol–water partition coefficient (Wildman–Crippen LogP) is 3.75. The van der Waals surface area contributed by atoms with Crippen LogP contribution >= 0.6 is 0 Å². The molecule has 1 atom stereocenters. The third-order valence-electron chi connectivity index (χ3n) is 6.66. The van der Waals surface area contributed by atoms with Crippen molar-refractivity contribution in [2.75, 3.05) is 32.1 Å². The standard InChI is InChI=1S/C31H35N3O5S/c35-30(29(24-26-12-6-2-7-13-26)33-31(36)34-19-21-39-22-20-34)32-27(17-16-25-10-4-1-5-11-25)18-23-40(37,38)28-14-8-3-9-15-28/h1-15,18,29H,16-17,19-24H2,(H,32,35)(H,33,36)/b27-18+/t29-/m0/s1. The number of aryl methyl sites for hydroxylation is 1. The van der Waals surface area contributed by atoms with Gasteiger partial charge in [-0.25, -0.2) is 13.2 Å². The number of sulfone groups is 1. The predicted molar refractivity (Wildman–Crippen MR) is 154 cm³/mol. The lowest BCUT2D eigenvalue weighted by Gasteiger charge is -2.29. The van der Waals surface area contributed by atoms with Gasteiger partial charge in [0.2, 0.25) is 5.91 Å². The Morgan fingerprint density at radius 1 is 0.850 bits per heavy atom. The number of nitrogens with one attached hydrogen (secondary N) is 2. The maximum absolute atomic E-state index is 13.6. The molecule has 0 aromatic heterocycles. The highest BCUT2D eigenvalue weighted by Crippen LogP contribution is 2.14. The molecule has 1 aliphatic heterocycles. The maximum atomic E-state index is 13.6. The summed E-state index contributed by atoms with van der Waals surface area (Å²) < 4.78 is 31.3. The molecule has 3 aromatic rings. The van der Waals surface area contributed by atoms with Crippen LogP contribution in [0.2, 0.25) is 0 Å². The fraction of sp³-hybridized carbons (Fsp3) is 0.290. The zero-order valence-electron chi connectivity index (χ0n) is 22.4. The average Bonchev–Trinajstić information content (AvgIpc) is 3.00. The molecule has 1 saturated heterocycles.